The van der Waals surface area contributed by atoms with Crippen molar-refractivity contribution < 1.29 is 0 Å². The van der Waals surface area contributed by atoms with Crippen LogP contribution in [-0.4, -0.2) is 13.1 Å². The maximum absolute atomic E-state index is 3.33. The summed E-state index contributed by atoms with van der Waals surface area (Å²) in [5.41, 5.74) is 1.97. The highest BCUT2D eigenvalue weighted by Crippen LogP contribution is 2.26. The number of benzene rings is 1. The molecule has 70 valence electrons. The number of hydrogen-bond donors (Lipinski definition) is 1. The lowest BCUT2D eigenvalue weighted by molar-refractivity contribution is 0.195. The molecule has 2 heteroatoms. The quantitative estimate of drug-likeness (QED) is 0.824. The molecule has 13 heavy (non-hydrogen) atoms. The topological polar surface area (TPSA) is 12.0 Å². The van der Waals surface area contributed by atoms with E-state index in [0.717, 1.165) is 0 Å². The lowest BCUT2D eigenvalue weighted by Gasteiger charge is -2.39. The SMILES string of the molecule is CC1(Cc2ccc(I)cc2)CNC1. The van der Waals surface area contributed by atoms with Crippen molar-refractivity contribution in [3.05, 3.63) is 33.4 Å². The van der Waals surface area contributed by atoms with Gasteiger partial charge in [-0.1, -0.05) is 19.1 Å². The first-order valence-electron chi connectivity index (χ1n) is 4.63. The van der Waals surface area contributed by atoms with E-state index < -0.39 is 0 Å². The number of hydrogen-bond acceptors (Lipinski definition) is 1. The van der Waals surface area contributed by atoms with E-state index in [1.54, 1.807) is 0 Å². The fourth-order valence-electron chi connectivity index (χ4n) is 1.77. The van der Waals surface area contributed by atoms with Crippen LogP contribution in [0.25, 0.3) is 0 Å². The molecule has 0 atom stereocenters. The Balaban J connectivity index is 2.05. The lowest BCUT2D eigenvalue weighted by atomic mass is 9.78. The third kappa shape index (κ3) is 2.23. The van der Waals surface area contributed by atoms with Gasteiger partial charge in [-0.05, 0) is 52.1 Å². The van der Waals surface area contributed by atoms with Crippen molar-refractivity contribution in [3.63, 3.8) is 0 Å². The Kier molecular flexibility index (Phi) is 2.60. The minimum absolute atomic E-state index is 0.507. The summed E-state index contributed by atoms with van der Waals surface area (Å²) in [5.74, 6) is 0. The first-order chi connectivity index (χ1) is 6.18. The first-order valence-corrected chi connectivity index (χ1v) is 5.71. The van der Waals surface area contributed by atoms with Crippen LogP contribution >= 0.6 is 22.6 Å². The van der Waals surface area contributed by atoms with Crippen LogP contribution in [-0.2, 0) is 6.42 Å². The summed E-state index contributed by atoms with van der Waals surface area (Å²) in [7, 11) is 0. The van der Waals surface area contributed by atoms with Gasteiger partial charge in [0.25, 0.3) is 0 Å². The molecule has 0 spiro atoms. The fourth-order valence-corrected chi connectivity index (χ4v) is 2.13. The Morgan fingerprint density at radius 1 is 1.31 bits per heavy atom. The zero-order chi connectivity index (χ0) is 9.31. The van der Waals surface area contributed by atoms with Gasteiger partial charge in [0, 0.05) is 16.7 Å². The van der Waals surface area contributed by atoms with Crippen molar-refractivity contribution in [1.29, 1.82) is 0 Å². The van der Waals surface area contributed by atoms with Crippen LogP contribution in [0.15, 0.2) is 24.3 Å². The van der Waals surface area contributed by atoms with Gasteiger partial charge < -0.3 is 5.32 Å². The summed E-state index contributed by atoms with van der Waals surface area (Å²) in [6.45, 7) is 4.68. The van der Waals surface area contributed by atoms with Crippen LogP contribution in [0.5, 0.6) is 0 Å². The summed E-state index contributed by atoms with van der Waals surface area (Å²) in [6, 6.07) is 8.85. The molecule has 1 aromatic carbocycles. The van der Waals surface area contributed by atoms with E-state index in [9.17, 15) is 0 Å². The van der Waals surface area contributed by atoms with Gasteiger partial charge in [-0.15, -0.1) is 0 Å². The van der Waals surface area contributed by atoms with Gasteiger partial charge in [0.2, 0.25) is 0 Å². The second-order valence-electron chi connectivity index (χ2n) is 4.22. The average Bonchev–Trinajstić information content (AvgIpc) is 2.06. The predicted molar refractivity (Wildman–Crippen MR) is 63.8 cm³/mol. The van der Waals surface area contributed by atoms with E-state index in [4.69, 9.17) is 0 Å². The zero-order valence-electron chi connectivity index (χ0n) is 7.81. The lowest BCUT2D eigenvalue weighted by Crippen LogP contribution is -2.52. The molecule has 2 rings (SSSR count). The van der Waals surface area contributed by atoms with Gasteiger partial charge in [0.15, 0.2) is 0 Å². The monoisotopic (exact) mass is 287 g/mol. The van der Waals surface area contributed by atoms with Crippen molar-refractivity contribution in [2.24, 2.45) is 5.41 Å². The second-order valence-corrected chi connectivity index (χ2v) is 5.46. The third-order valence-electron chi connectivity index (χ3n) is 2.65. The Hall–Kier alpha value is -0.0900. The molecule has 1 N–H and O–H groups in total. The molecule has 1 nitrogen and oxygen atoms in total. The molecular weight excluding hydrogens is 273 g/mol. The van der Waals surface area contributed by atoms with Crippen LogP contribution in [0.1, 0.15) is 12.5 Å². The van der Waals surface area contributed by atoms with Gasteiger partial charge >= 0.3 is 0 Å². The Morgan fingerprint density at radius 2 is 1.92 bits per heavy atom. The van der Waals surface area contributed by atoms with E-state index in [2.05, 4.69) is 59.1 Å². The molecule has 1 aliphatic rings. The molecule has 0 radical (unpaired) electrons. The minimum Gasteiger partial charge on any atom is -0.316 e. The zero-order valence-corrected chi connectivity index (χ0v) is 9.97. The van der Waals surface area contributed by atoms with Crippen LogP contribution < -0.4 is 5.32 Å². The maximum Gasteiger partial charge on any atom is 0.0130 e. The van der Waals surface area contributed by atoms with E-state index in [0.29, 0.717) is 5.41 Å². The summed E-state index contributed by atoms with van der Waals surface area (Å²) >= 11 is 2.34. The molecule has 0 aromatic heterocycles. The summed E-state index contributed by atoms with van der Waals surface area (Å²) in [5, 5.41) is 3.33. The van der Waals surface area contributed by atoms with Gasteiger partial charge in [-0.25, -0.2) is 0 Å². The molecule has 0 aliphatic carbocycles. The van der Waals surface area contributed by atoms with Crippen molar-refractivity contribution in [2.45, 2.75) is 13.3 Å². The highest BCUT2D eigenvalue weighted by atomic mass is 127. The molecule has 1 aromatic rings. The molecule has 0 amide bonds. The molecule has 0 unspecified atom stereocenters. The molecule has 1 fully saturated rings. The van der Waals surface area contributed by atoms with Gasteiger partial charge in [0.05, 0.1) is 0 Å². The molecule has 0 bridgehead atoms. The van der Waals surface area contributed by atoms with Crippen molar-refractivity contribution >= 4 is 22.6 Å². The number of nitrogens with one attached hydrogen (secondary N) is 1. The summed E-state index contributed by atoms with van der Waals surface area (Å²) in [4.78, 5) is 0. The number of rotatable bonds is 2. The average molecular weight is 287 g/mol. The molecule has 1 aliphatic heterocycles. The van der Waals surface area contributed by atoms with E-state index >= 15 is 0 Å². The maximum atomic E-state index is 3.33. The van der Waals surface area contributed by atoms with E-state index in [1.807, 2.05) is 0 Å². The van der Waals surface area contributed by atoms with Crippen molar-refractivity contribution in [2.75, 3.05) is 13.1 Å². The Labute approximate surface area is 93.1 Å². The molecular formula is C11H14IN. The molecule has 0 saturated carbocycles. The highest BCUT2D eigenvalue weighted by Gasteiger charge is 2.31. The summed E-state index contributed by atoms with van der Waals surface area (Å²) in [6.07, 6.45) is 1.21. The number of halogens is 1. The predicted octanol–water partition coefficient (Wildman–Crippen LogP) is 2.44. The molecule has 1 heterocycles. The van der Waals surface area contributed by atoms with Crippen molar-refractivity contribution in [1.82, 2.24) is 5.32 Å². The standard InChI is InChI=1S/C11H14IN/c1-11(7-13-8-11)6-9-2-4-10(12)5-3-9/h2-5,13H,6-8H2,1H3. The molecule has 1 saturated heterocycles. The van der Waals surface area contributed by atoms with Crippen LogP contribution in [0.2, 0.25) is 0 Å². The van der Waals surface area contributed by atoms with Gasteiger partial charge in [-0.2, -0.15) is 0 Å². The third-order valence-corrected chi connectivity index (χ3v) is 3.37. The Morgan fingerprint density at radius 3 is 2.38 bits per heavy atom. The van der Waals surface area contributed by atoms with Crippen LogP contribution in [0.4, 0.5) is 0 Å². The largest absolute Gasteiger partial charge is 0.316 e. The van der Waals surface area contributed by atoms with Crippen LogP contribution in [0, 0.1) is 8.99 Å². The van der Waals surface area contributed by atoms with E-state index in [-0.39, 0.29) is 0 Å². The second kappa shape index (κ2) is 3.58. The smallest absolute Gasteiger partial charge is 0.0130 e. The van der Waals surface area contributed by atoms with Gasteiger partial charge in [-0.3, -0.25) is 0 Å². The highest BCUT2D eigenvalue weighted by molar-refractivity contribution is 14.1. The minimum atomic E-state index is 0.507. The fraction of sp³-hybridized carbons (Fsp3) is 0.455. The summed E-state index contributed by atoms with van der Waals surface area (Å²) < 4.78 is 1.32. The first kappa shape index (κ1) is 9.46. The Bertz CT molecular complexity index is 287. The van der Waals surface area contributed by atoms with Crippen molar-refractivity contribution in [3.8, 4) is 0 Å². The normalized spacial score (nSPS) is 19.5. The van der Waals surface area contributed by atoms with Gasteiger partial charge in [0.1, 0.15) is 0 Å². The van der Waals surface area contributed by atoms with E-state index in [1.165, 1.54) is 28.6 Å². The van der Waals surface area contributed by atoms with Crippen LogP contribution in [0.3, 0.4) is 0 Å².